The van der Waals surface area contributed by atoms with E-state index in [-0.39, 0.29) is 5.91 Å². The second kappa shape index (κ2) is 12.7. The number of aliphatic imine (C=N–C) groups is 2. The maximum absolute atomic E-state index is 13.2. The number of carbonyl (C=O) groups is 1. The van der Waals surface area contributed by atoms with E-state index in [4.69, 9.17) is 30.7 Å². The number of hydrogen-bond donors (Lipinski definition) is 2. The second-order valence-corrected chi connectivity index (χ2v) is 11.8. The van der Waals surface area contributed by atoms with Gasteiger partial charge in [-0.3, -0.25) is 29.6 Å². The van der Waals surface area contributed by atoms with Crippen molar-refractivity contribution in [3.05, 3.63) is 100 Å². The molecule has 10 heteroatoms. The molecule has 4 aliphatic heterocycles. The number of amides is 1. The number of pyridine rings is 3. The summed E-state index contributed by atoms with van der Waals surface area (Å²) >= 11 is 0. The lowest BCUT2D eigenvalue weighted by Crippen LogP contribution is -2.32. The zero-order chi connectivity index (χ0) is 29.9. The molecule has 3 aromatic heterocycles. The van der Waals surface area contributed by atoms with Gasteiger partial charge in [0.05, 0.1) is 51.3 Å². The Hall–Kier alpha value is -4.38. The van der Waals surface area contributed by atoms with E-state index in [1.165, 1.54) is 0 Å². The van der Waals surface area contributed by atoms with Gasteiger partial charge in [-0.15, -0.1) is 0 Å². The molecule has 0 radical (unpaired) electrons. The Morgan fingerprint density at radius 1 is 0.750 bits per heavy atom. The fraction of sp³-hybridized carbons (Fsp3) is 0.353. The molecule has 0 aromatic carbocycles. The largest absolute Gasteiger partial charge is 0.351 e. The summed E-state index contributed by atoms with van der Waals surface area (Å²) in [5.74, 6) is -0.145. The highest BCUT2D eigenvalue weighted by Crippen LogP contribution is 2.25. The van der Waals surface area contributed by atoms with Crippen molar-refractivity contribution in [3.8, 4) is 11.4 Å². The van der Waals surface area contributed by atoms with Gasteiger partial charge in [0.15, 0.2) is 0 Å². The Labute approximate surface area is 257 Å². The first kappa shape index (κ1) is 28.4. The Bertz CT molecular complexity index is 1710. The lowest BCUT2D eigenvalue weighted by molar-refractivity contribution is 0.0954. The van der Waals surface area contributed by atoms with Gasteiger partial charge in [0.2, 0.25) is 0 Å². The van der Waals surface area contributed by atoms with Crippen LogP contribution in [0.5, 0.6) is 0 Å². The van der Waals surface area contributed by atoms with Crippen molar-refractivity contribution in [2.75, 3.05) is 26.2 Å². The van der Waals surface area contributed by atoms with Crippen LogP contribution in [0.15, 0.2) is 82.1 Å². The molecule has 10 nitrogen and oxygen atoms in total. The Morgan fingerprint density at radius 3 is 2.11 bits per heavy atom. The van der Waals surface area contributed by atoms with Gasteiger partial charge in [-0.05, 0) is 62.1 Å². The Morgan fingerprint density at radius 2 is 1.41 bits per heavy atom. The first-order valence-corrected chi connectivity index (χ1v) is 15.5. The number of carbonyl (C=O) groups excluding carboxylic acids is 1. The van der Waals surface area contributed by atoms with E-state index in [0.717, 1.165) is 82.7 Å². The molecule has 0 fully saturated rings. The minimum atomic E-state index is -0.145. The number of aromatic nitrogens is 3. The van der Waals surface area contributed by atoms with E-state index < -0.39 is 0 Å². The standard InChI is InChI=1S/C34H37N9O/c35-13-14-36-34(44)23-15-28-21-42-17-24-5-1-9-30(38-24)31-10-2-6-25(39-31)19-43(22-29(16-23)37-28)20-27-8-4-12-33(41-27)32-11-3-7-26(18-42)40-32/h1-2,5-7,9-10,12,15-16H,3-4,8,11,13-14,17-22,35H2,(H,36,44). The van der Waals surface area contributed by atoms with E-state index in [1.807, 2.05) is 30.3 Å². The van der Waals surface area contributed by atoms with E-state index in [0.29, 0.717) is 57.9 Å². The molecule has 224 valence electrons. The van der Waals surface area contributed by atoms with Crippen molar-refractivity contribution >= 4 is 17.3 Å². The third-order valence-corrected chi connectivity index (χ3v) is 8.22. The summed E-state index contributed by atoms with van der Waals surface area (Å²) in [4.78, 5) is 43.4. The highest BCUT2D eigenvalue weighted by atomic mass is 16.1. The van der Waals surface area contributed by atoms with Gasteiger partial charge in [0.1, 0.15) is 0 Å². The summed E-state index contributed by atoms with van der Waals surface area (Å²) in [6.07, 6.45) is 8.13. The molecule has 0 saturated heterocycles. The van der Waals surface area contributed by atoms with Crippen molar-refractivity contribution in [1.29, 1.82) is 0 Å². The molecular formula is C34H37N9O. The van der Waals surface area contributed by atoms with Gasteiger partial charge in [0, 0.05) is 63.6 Å². The summed E-state index contributed by atoms with van der Waals surface area (Å²) in [6.45, 7) is 4.37. The lowest BCUT2D eigenvalue weighted by atomic mass is 10.0. The van der Waals surface area contributed by atoms with E-state index >= 15 is 0 Å². The number of hydrogen-bond acceptors (Lipinski definition) is 9. The summed E-state index contributed by atoms with van der Waals surface area (Å²) < 4.78 is 0. The molecule has 3 aromatic rings. The molecule has 1 amide bonds. The van der Waals surface area contributed by atoms with Crippen LogP contribution in [0.1, 0.15) is 58.8 Å². The molecule has 44 heavy (non-hydrogen) atoms. The van der Waals surface area contributed by atoms with Gasteiger partial charge in [-0.2, -0.15) is 0 Å². The summed E-state index contributed by atoms with van der Waals surface area (Å²) in [5.41, 5.74) is 15.8. The molecule has 7 heterocycles. The van der Waals surface area contributed by atoms with Crippen LogP contribution in [0.2, 0.25) is 0 Å². The van der Waals surface area contributed by atoms with Crippen molar-refractivity contribution in [2.24, 2.45) is 15.7 Å². The van der Waals surface area contributed by atoms with E-state index in [9.17, 15) is 4.79 Å². The first-order valence-electron chi connectivity index (χ1n) is 15.5. The number of nitrogens with one attached hydrogen (secondary N) is 1. The molecular weight excluding hydrogens is 550 g/mol. The highest BCUT2D eigenvalue weighted by molar-refractivity contribution is 6.04. The Balaban J connectivity index is 1.40. The number of nitrogens with zero attached hydrogens (tertiary/aromatic N) is 7. The molecule has 2 unspecified atom stereocenters. The van der Waals surface area contributed by atoms with Crippen LogP contribution in [0.25, 0.3) is 11.4 Å². The fourth-order valence-corrected chi connectivity index (χ4v) is 6.27. The minimum Gasteiger partial charge on any atom is -0.351 e. The Kier molecular flexibility index (Phi) is 8.19. The predicted octanol–water partition coefficient (Wildman–Crippen LogP) is 3.80. The summed E-state index contributed by atoms with van der Waals surface area (Å²) in [6, 6.07) is 16.1. The maximum Gasteiger partial charge on any atom is 0.251 e. The molecule has 3 N–H and O–H groups in total. The van der Waals surface area contributed by atoms with Crippen LogP contribution >= 0.6 is 0 Å². The van der Waals surface area contributed by atoms with Gasteiger partial charge < -0.3 is 11.1 Å². The van der Waals surface area contributed by atoms with Gasteiger partial charge >= 0.3 is 0 Å². The minimum absolute atomic E-state index is 0.145. The average molecular weight is 588 g/mol. The number of nitrogens with two attached hydrogens (primary N) is 1. The third-order valence-electron chi connectivity index (χ3n) is 8.22. The third kappa shape index (κ3) is 6.57. The van der Waals surface area contributed by atoms with Crippen LogP contribution in [0.3, 0.4) is 0 Å². The van der Waals surface area contributed by atoms with Crippen LogP contribution < -0.4 is 11.1 Å². The first-order chi connectivity index (χ1) is 21.6. The van der Waals surface area contributed by atoms with Crippen LogP contribution in [-0.4, -0.2) is 68.3 Å². The quantitative estimate of drug-likeness (QED) is 0.478. The molecule has 12 bridgehead atoms. The summed E-state index contributed by atoms with van der Waals surface area (Å²) in [5, 5.41) is 2.94. The average Bonchev–Trinajstić information content (AvgIpc) is 3.03. The predicted molar refractivity (Wildman–Crippen MR) is 171 cm³/mol. The number of fused-ring (bicyclic) bond motifs is 10. The van der Waals surface area contributed by atoms with E-state index in [2.05, 4.69) is 45.5 Å². The van der Waals surface area contributed by atoms with Gasteiger partial charge in [0.25, 0.3) is 5.91 Å². The number of rotatable bonds is 3. The fourth-order valence-electron chi connectivity index (χ4n) is 6.27. The van der Waals surface area contributed by atoms with Crippen molar-refractivity contribution in [2.45, 2.75) is 51.9 Å². The SMILES string of the molecule is NCCNC(=O)c1cc2nc(c1)CN1CC3=NC(=CCC3)C3=NC(=CCC3)CN(C2)Cc2cccc(n2)-c2cccc(n2)C1. The second-order valence-electron chi connectivity index (χ2n) is 11.8. The van der Waals surface area contributed by atoms with E-state index in [1.54, 1.807) is 0 Å². The number of allylic oxidation sites excluding steroid dienone is 3. The van der Waals surface area contributed by atoms with Crippen molar-refractivity contribution in [3.63, 3.8) is 0 Å². The molecule has 2 atom stereocenters. The monoisotopic (exact) mass is 587 g/mol. The zero-order valence-corrected chi connectivity index (χ0v) is 24.9. The van der Waals surface area contributed by atoms with Gasteiger partial charge in [-0.25, -0.2) is 9.97 Å². The van der Waals surface area contributed by atoms with Crippen LogP contribution in [0, 0.1) is 0 Å². The molecule has 0 aliphatic carbocycles. The molecule has 4 aliphatic rings. The molecule has 7 rings (SSSR count). The maximum atomic E-state index is 13.2. The highest BCUT2D eigenvalue weighted by Gasteiger charge is 2.22. The lowest BCUT2D eigenvalue weighted by Gasteiger charge is -2.25. The smallest absolute Gasteiger partial charge is 0.251 e. The van der Waals surface area contributed by atoms with Crippen LogP contribution in [-0.2, 0) is 26.2 Å². The van der Waals surface area contributed by atoms with Crippen LogP contribution in [0.4, 0.5) is 0 Å². The summed E-state index contributed by atoms with van der Waals surface area (Å²) in [7, 11) is 0. The molecule has 0 saturated carbocycles. The van der Waals surface area contributed by atoms with Crippen molar-refractivity contribution in [1.82, 2.24) is 30.1 Å². The normalized spacial score (nSPS) is 21.2. The van der Waals surface area contributed by atoms with Crippen molar-refractivity contribution < 1.29 is 4.79 Å². The zero-order valence-electron chi connectivity index (χ0n) is 24.9. The topological polar surface area (TPSA) is 125 Å². The molecule has 0 spiro atoms. The van der Waals surface area contributed by atoms with Gasteiger partial charge in [-0.1, -0.05) is 24.3 Å².